The Kier molecular flexibility index (Phi) is 4.53. The van der Waals surface area contributed by atoms with Gasteiger partial charge in [-0.2, -0.15) is 0 Å². The third-order valence-corrected chi connectivity index (χ3v) is 2.92. The summed E-state index contributed by atoms with van der Waals surface area (Å²) < 4.78 is 11.1. The first kappa shape index (κ1) is 13.6. The Balaban J connectivity index is 1.89. The summed E-state index contributed by atoms with van der Waals surface area (Å²) in [7, 11) is 0. The lowest BCUT2D eigenvalue weighted by atomic mass is 10.2. The first-order valence-electron chi connectivity index (χ1n) is 6.06. The number of rotatable bonds is 4. The smallest absolute Gasteiger partial charge is 0.407 e. The van der Waals surface area contributed by atoms with Gasteiger partial charge in [0.05, 0.1) is 19.3 Å². The van der Waals surface area contributed by atoms with Crippen LogP contribution >= 0.6 is 0 Å². The standard InChI is InChI=1S/C12H17N3O4/c13-5-9-1-2-14-6-11(9)19-8-10-7-15(12(16)17)3-4-18-10/h1-2,6,10H,3-5,7-8,13H2,(H,16,17)/t10-/m0/s1. The van der Waals surface area contributed by atoms with Gasteiger partial charge in [0.2, 0.25) is 0 Å². The summed E-state index contributed by atoms with van der Waals surface area (Å²) in [5.74, 6) is 0.612. The fourth-order valence-electron chi connectivity index (χ4n) is 1.88. The van der Waals surface area contributed by atoms with E-state index < -0.39 is 6.09 Å². The summed E-state index contributed by atoms with van der Waals surface area (Å²) in [4.78, 5) is 16.2. The SMILES string of the molecule is NCc1ccncc1OC[C@@H]1CN(C(=O)O)CCO1. The summed E-state index contributed by atoms with van der Waals surface area (Å²) in [6.07, 6.45) is 2.05. The van der Waals surface area contributed by atoms with Gasteiger partial charge in [-0.25, -0.2) is 4.79 Å². The van der Waals surface area contributed by atoms with Crippen LogP contribution in [-0.2, 0) is 11.3 Å². The van der Waals surface area contributed by atoms with Crippen molar-refractivity contribution in [3.8, 4) is 5.75 Å². The molecule has 1 aromatic heterocycles. The lowest BCUT2D eigenvalue weighted by Crippen LogP contribution is -2.47. The van der Waals surface area contributed by atoms with Gasteiger partial charge in [-0.1, -0.05) is 0 Å². The molecule has 3 N–H and O–H groups in total. The number of morpholine rings is 1. The van der Waals surface area contributed by atoms with Crippen molar-refractivity contribution < 1.29 is 19.4 Å². The van der Waals surface area contributed by atoms with Crippen molar-refractivity contribution in [2.45, 2.75) is 12.6 Å². The van der Waals surface area contributed by atoms with Gasteiger partial charge in [0.15, 0.2) is 0 Å². The molecule has 7 heteroatoms. The third kappa shape index (κ3) is 3.55. The van der Waals surface area contributed by atoms with Gasteiger partial charge in [-0.15, -0.1) is 0 Å². The molecule has 0 unspecified atom stereocenters. The van der Waals surface area contributed by atoms with Crippen LogP contribution in [0, 0.1) is 0 Å². The molecule has 104 valence electrons. The molecule has 0 saturated carbocycles. The normalized spacial score (nSPS) is 19.2. The number of amides is 1. The quantitative estimate of drug-likeness (QED) is 0.814. The van der Waals surface area contributed by atoms with E-state index in [1.807, 2.05) is 0 Å². The van der Waals surface area contributed by atoms with Crippen LogP contribution in [0.5, 0.6) is 5.75 Å². The van der Waals surface area contributed by atoms with Gasteiger partial charge in [0.25, 0.3) is 0 Å². The van der Waals surface area contributed by atoms with Crippen LogP contribution in [-0.4, -0.2) is 53.5 Å². The molecule has 1 fully saturated rings. The number of aromatic nitrogens is 1. The van der Waals surface area contributed by atoms with Crippen molar-refractivity contribution in [2.24, 2.45) is 5.73 Å². The molecule has 0 aromatic carbocycles. The number of carbonyl (C=O) groups is 1. The Hall–Kier alpha value is -1.86. The first-order chi connectivity index (χ1) is 9.20. The molecule has 2 heterocycles. The van der Waals surface area contributed by atoms with E-state index in [0.717, 1.165) is 5.56 Å². The summed E-state index contributed by atoms with van der Waals surface area (Å²) in [5.41, 5.74) is 6.46. The largest absolute Gasteiger partial charge is 0.489 e. The number of nitrogens with zero attached hydrogens (tertiary/aromatic N) is 2. The minimum absolute atomic E-state index is 0.268. The van der Waals surface area contributed by atoms with Crippen LogP contribution in [0.15, 0.2) is 18.5 Å². The zero-order valence-electron chi connectivity index (χ0n) is 10.5. The van der Waals surface area contributed by atoms with Crippen molar-refractivity contribution in [1.82, 2.24) is 9.88 Å². The van der Waals surface area contributed by atoms with E-state index in [0.29, 0.717) is 32.0 Å². The maximum Gasteiger partial charge on any atom is 0.407 e. The molecule has 1 atom stereocenters. The molecule has 0 radical (unpaired) electrons. The van der Waals surface area contributed by atoms with Gasteiger partial charge in [0.1, 0.15) is 18.5 Å². The molecule has 0 bridgehead atoms. The predicted octanol–water partition coefficient (Wildman–Crippen LogP) is 0.298. The zero-order chi connectivity index (χ0) is 13.7. The van der Waals surface area contributed by atoms with Crippen molar-refractivity contribution in [2.75, 3.05) is 26.3 Å². The van der Waals surface area contributed by atoms with Gasteiger partial charge in [0, 0.05) is 24.8 Å². The molecular formula is C12H17N3O4. The van der Waals surface area contributed by atoms with Crippen molar-refractivity contribution in [3.63, 3.8) is 0 Å². The molecule has 19 heavy (non-hydrogen) atoms. The van der Waals surface area contributed by atoms with Gasteiger partial charge >= 0.3 is 6.09 Å². The molecule has 2 rings (SSSR count). The van der Waals surface area contributed by atoms with E-state index in [1.54, 1.807) is 18.5 Å². The number of pyridine rings is 1. The molecular weight excluding hydrogens is 250 g/mol. The second-order valence-corrected chi connectivity index (χ2v) is 4.22. The second kappa shape index (κ2) is 6.35. The van der Waals surface area contributed by atoms with E-state index in [1.165, 1.54) is 4.90 Å². The fourth-order valence-corrected chi connectivity index (χ4v) is 1.88. The van der Waals surface area contributed by atoms with Gasteiger partial charge in [-0.05, 0) is 6.07 Å². The Morgan fingerprint density at radius 2 is 2.53 bits per heavy atom. The lowest BCUT2D eigenvalue weighted by molar-refractivity contribution is -0.0413. The molecule has 1 aliphatic rings. The maximum atomic E-state index is 10.9. The molecule has 1 saturated heterocycles. The van der Waals surface area contributed by atoms with E-state index in [2.05, 4.69) is 4.98 Å². The minimum Gasteiger partial charge on any atom is -0.489 e. The number of nitrogens with two attached hydrogens (primary N) is 1. The van der Waals surface area contributed by atoms with E-state index in [4.69, 9.17) is 20.3 Å². The van der Waals surface area contributed by atoms with E-state index in [9.17, 15) is 4.79 Å². The molecule has 0 spiro atoms. The Morgan fingerprint density at radius 3 is 3.26 bits per heavy atom. The molecule has 1 amide bonds. The van der Waals surface area contributed by atoms with Crippen molar-refractivity contribution in [1.29, 1.82) is 0 Å². The van der Waals surface area contributed by atoms with E-state index >= 15 is 0 Å². The number of hydrogen-bond donors (Lipinski definition) is 2. The summed E-state index contributed by atoms with van der Waals surface area (Å²) in [6, 6.07) is 1.79. The van der Waals surface area contributed by atoms with Gasteiger partial charge in [-0.3, -0.25) is 4.98 Å². The molecule has 7 nitrogen and oxygen atoms in total. The first-order valence-corrected chi connectivity index (χ1v) is 6.06. The monoisotopic (exact) mass is 267 g/mol. The highest BCUT2D eigenvalue weighted by Gasteiger charge is 2.24. The Morgan fingerprint density at radius 1 is 1.68 bits per heavy atom. The number of carboxylic acid groups (broad SMARTS) is 1. The van der Waals surface area contributed by atoms with Gasteiger partial charge < -0.3 is 25.2 Å². The average Bonchev–Trinajstić information content (AvgIpc) is 2.45. The third-order valence-electron chi connectivity index (χ3n) is 2.92. The zero-order valence-corrected chi connectivity index (χ0v) is 10.5. The molecule has 1 aromatic rings. The van der Waals surface area contributed by atoms with Crippen LogP contribution < -0.4 is 10.5 Å². The van der Waals surface area contributed by atoms with Crippen molar-refractivity contribution in [3.05, 3.63) is 24.0 Å². The van der Waals surface area contributed by atoms with Crippen LogP contribution in [0.25, 0.3) is 0 Å². The number of hydrogen-bond acceptors (Lipinski definition) is 5. The minimum atomic E-state index is -0.933. The summed E-state index contributed by atoms with van der Waals surface area (Å²) in [6.45, 7) is 1.74. The van der Waals surface area contributed by atoms with Crippen LogP contribution in [0.2, 0.25) is 0 Å². The molecule has 0 aliphatic carbocycles. The lowest BCUT2D eigenvalue weighted by Gasteiger charge is -2.30. The average molecular weight is 267 g/mol. The fraction of sp³-hybridized carbons (Fsp3) is 0.500. The highest BCUT2D eigenvalue weighted by atomic mass is 16.5. The summed E-state index contributed by atoms with van der Waals surface area (Å²) in [5, 5.41) is 8.93. The van der Waals surface area contributed by atoms with E-state index in [-0.39, 0.29) is 12.7 Å². The Bertz CT molecular complexity index is 441. The number of ether oxygens (including phenoxy) is 2. The van der Waals surface area contributed by atoms with Crippen LogP contribution in [0.3, 0.4) is 0 Å². The highest BCUT2D eigenvalue weighted by Crippen LogP contribution is 2.16. The van der Waals surface area contributed by atoms with Crippen LogP contribution in [0.4, 0.5) is 4.79 Å². The second-order valence-electron chi connectivity index (χ2n) is 4.22. The van der Waals surface area contributed by atoms with Crippen LogP contribution in [0.1, 0.15) is 5.56 Å². The summed E-state index contributed by atoms with van der Waals surface area (Å²) >= 11 is 0. The van der Waals surface area contributed by atoms with Crippen molar-refractivity contribution >= 4 is 6.09 Å². The maximum absolute atomic E-state index is 10.9. The predicted molar refractivity (Wildman–Crippen MR) is 67.0 cm³/mol. The topological polar surface area (TPSA) is 97.9 Å². The highest BCUT2D eigenvalue weighted by molar-refractivity contribution is 5.65. The molecule has 1 aliphatic heterocycles. The Labute approximate surface area is 110 Å².